The third kappa shape index (κ3) is 4.29. The third-order valence-corrected chi connectivity index (χ3v) is 5.99. The van der Waals surface area contributed by atoms with Crippen LogP contribution in [0.4, 0.5) is 4.39 Å². The van der Waals surface area contributed by atoms with Crippen molar-refractivity contribution in [2.75, 3.05) is 20.2 Å². The molecule has 0 atom stereocenters. The summed E-state index contributed by atoms with van der Waals surface area (Å²) in [5, 5.41) is 4.62. The lowest BCUT2D eigenvalue weighted by molar-refractivity contribution is 0.0775. The molecule has 160 valence electrons. The zero-order chi connectivity index (χ0) is 22.1. The van der Waals surface area contributed by atoms with Gasteiger partial charge in [-0.25, -0.2) is 9.37 Å². The first kappa shape index (κ1) is 21.0. The summed E-state index contributed by atoms with van der Waals surface area (Å²) in [5.74, 6) is 0.0542. The molecule has 1 aromatic carbocycles. The number of aryl methyl sites for hydroxylation is 3. The number of hydrogen-bond acceptors (Lipinski definition) is 6. The van der Waals surface area contributed by atoms with Crippen LogP contribution in [-0.4, -0.2) is 41.1 Å². The van der Waals surface area contributed by atoms with Crippen LogP contribution in [-0.2, 0) is 0 Å². The largest absolute Gasteiger partial charge is 0.492 e. The molecule has 1 amide bonds. The molecular formula is C23H22FN3O3S. The van der Waals surface area contributed by atoms with E-state index >= 15 is 0 Å². The number of hydrogen-bond donors (Lipinski definition) is 0. The maximum Gasteiger partial charge on any atom is 0.259 e. The Morgan fingerprint density at radius 1 is 1.19 bits per heavy atom. The summed E-state index contributed by atoms with van der Waals surface area (Å²) in [4.78, 5) is 21.8. The first-order valence-electron chi connectivity index (χ1n) is 9.81. The molecule has 3 heterocycles. The molecule has 0 saturated heterocycles. The minimum Gasteiger partial charge on any atom is -0.492 e. The summed E-state index contributed by atoms with van der Waals surface area (Å²) in [7, 11) is 1.71. The first-order chi connectivity index (χ1) is 14.8. The number of thiophene rings is 1. The lowest BCUT2D eigenvalue weighted by Crippen LogP contribution is -2.31. The van der Waals surface area contributed by atoms with Crippen LogP contribution in [0.5, 0.6) is 5.75 Å². The van der Waals surface area contributed by atoms with E-state index in [4.69, 9.17) is 9.26 Å². The number of halogens is 1. The molecule has 4 aromatic rings. The van der Waals surface area contributed by atoms with Crippen molar-refractivity contribution >= 4 is 28.3 Å². The Labute approximate surface area is 183 Å². The minimum absolute atomic E-state index is 0.174. The Balaban J connectivity index is 1.59. The number of carbonyl (C=O) groups excluding carboxylic acids is 1. The van der Waals surface area contributed by atoms with Gasteiger partial charge in [-0.15, -0.1) is 11.3 Å². The predicted octanol–water partition coefficient (Wildman–Crippen LogP) is 5.17. The van der Waals surface area contributed by atoms with Gasteiger partial charge in [0.15, 0.2) is 0 Å². The number of likely N-dealkylation sites (N-methyl/N-ethyl adjacent to an activating group) is 1. The molecule has 0 saturated carbocycles. The summed E-state index contributed by atoms with van der Waals surface area (Å²) in [5.41, 5.74) is 3.12. The Morgan fingerprint density at radius 2 is 1.94 bits per heavy atom. The third-order valence-electron chi connectivity index (χ3n) is 5.02. The zero-order valence-corrected chi connectivity index (χ0v) is 18.5. The number of amides is 1. The highest BCUT2D eigenvalue weighted by molar-refractivity contribution is 7.12. The number of rotatable bonds is 6. The summed E-state index contributed by atoms with van der Waals surface area (Å²) >= 11 is 1.68. The van der Waals surface area contributed by atoms with Crippen molar-refractivity contribution < 1.29 is 18.4 Å². The molecule has 0 spiro atoms. The van der Waals surface area contributed by atoms with Gasteiger partial charge < -0.3 is 14.2 Å². The average molecular weight is 440 g/mol. The van der Waals surface area contributed by atoms with E-state index in [0.29, 0.717) is 40.3 Å². The summed E-state index contributed by atoms with van der Waals surface area (Å²) < 4.78 is 24.0. The highest BCUT2D eigenvalue weighted by atomic mass is 32.1. The van der Waals surface area contributed by atoms with Crippen molar-refractivity contribution in [2.24, 2.45) is 0 Å². The number of nitrogens with zero attached hydrogens (tertiary/aromatic N) is 3. The molecule has 0 bridgehead atoms. The van der Waals surface area contributed by atoms with Gasteiger partial charge in [-0.3, -0.25) is 4.79 Å². The highest BCUT2D eigenvalue weighted by Gasteiger charge is 2.22. The number of aromatic nitrogens is 2. The molecule has 3 aromatic heterocycles. The lowest BCUT2D eigenvalue weighted by Gasteiger charge is -2.18. The summed E-state index contributed by atoms with van der Waals surface area (Å²) in [6.07, 6.45) is 0. The van der Waals surface area contributed by atoms with Crippen LogP contribution in [0.2, 0.25) is 0 Å². The molecule has 0 radical (unpaired) electrons. The molecule has 8 heteroatoms. The lowest BCUT2D eigenvalue weighted by atomic mass is 10.0. The summed E-state index contributed by atoms with van der Waals surface area (Å²) in [6.45, 7) is 6.50. The van der Waals surface area contributed by atoms with Crippen LogP contribution in [0, 0.1) is 26.6 Å². The van der Waals surface area contributed by atoms with Crippen LogP contribution in [0.15, 0.2) is 40.9 Å². The van der Waals surface area contributed by atoms with Gasteiger partial charge in [-0.2, -0.15) is 0 Å². The van der Waals surface area contributed by atoms with Gasteiger partial charge in [0.05, 0.1) is 28.9 Å². The average Bonchev–Trinajstić information content (AvgIpc) is 3.29. The van der Waals surface area contributed by atoms with Crippen LogP contribution in [0.3, 0.4) is 0 Å². The molecule has 0 fully saturated rings. The van der Waals surface area contributed by atoms with Gasteiger partial charge >= 0.3 is 0 Å². The van der Waals surface area contributed by atoms with Crippen molar-refractivity contribution in [2.45, 2.75) is 20.8 Å². The van der Waals surface area contributed by atoms with Crippen LogP contribution < -0.4 is 4.74 Å². The van der Waals surface area contributed by atoms with Crippen molar-refractivity contribution in [1.82, 2.24) is 15.0 Å². The zero-order valence-electron chi connectivity index (χ0n) is 17.7. The maximum absolute atomic E-state index is 13.3. The molecular weight excluding hydrogens is 417 g/mol. The molecule has 0 aliphatic rings. The molecule has 4 rings (SSSR count). The van der Waals surface area contributed by atoms with Gasteiger partial charge in [0, 0.05) is 22.4 Å². The number of fused-ring (bicyclic) bond motifs is 1. The number of benzene rings is 1. The van der Waals surface area contributed by atoms with Crippen molar-refractivity contribution in [3.8, 4) is 17.0 Å². The fourth-order valence-corrected chi connectivity index (χ4v) is 4.36. The van der Waals surface area contributed by atoms with E-state index in [9.17, 15) is 9.18 Å². The molecule has 31 heavy (non-hydrogen) atoms. The van der Waals surface area contributed by atoms with E-state index < -0.39 is 0 Å². The van der Waals surface area contributed by atoms with Gasteiger partial charge in [-0.05, 0) is 57.2 Å². The van der Waals surface area contributed by atoms with E-state index in [1.54, 1.807) is 48.4 Å². The first-order valence-corrected chi connectivity index (χ1v) is 10.6. The van der Waals surface area contributed by atoms with E-state index in [2.05, 4.69) is 16.2 Å². The molecule has 0 N–H and O–H groups in total. The van der Waals surface area contributed by atoms with Crippen LogP contribution in [0.25, 0.3) is 22.4 Å². The number of carbonyl (C=O) groups is 1. The Kier molecular flexibility index (Phi) is 5.73. The quantitative estimate of drug-likeness (QED) is 0.415. The van der Waals surface area contributed by atoms with Gasteiger partial charge in [0.2, 0.25) is 0 Å². The van der Waals surface area contributed by atoms with Crippen molar-refractivity contribution in [3.05, 3.63) is 63.2 Å². The SMILES string of the molecule is Cc1cc(-c2cc(C(=O)N(C)CCOc3ccc(F)cc3)c3c(C)noc3n2)c(C)s1. The molecule has 6 nitrogen and oxygen atoms in total. The second-order valence-corrected chi connectivity index (χ2v) is 8.82. The van der Waals surface area contributed by atoms with Gasteiger partial charge in [0.25, 0.3) is 11.6 Å². The van der Waals surface area contributed by atoms with E-state index in [-0.39, 0.29) is 18.3 Å². The summed E-state index contributed by atoms with van der Waals surface area (Å²) in [6, 6.07) is 9.65. The van der Waals surface area contributed by atoms with Crippen molar-refractivity contribution in [3.63, 3.8) is 0 Å². The second kappa shape index (κ2) is 8.47. The van der Waals surface area contributed by atoms with Crippen molar-refractivity contribution in [1.29, 1.82) is 0 Å². The second-order valence-electron chi connectivity index (χ2n) is 7.36. The standard InChI is InChI=1S/C23H22FN3O3S/c1-13-11-18(15(3)31-13)20-12-19(21-14(2)26-30-22(21)25-20)23(28)27(4)9-10-29-17-7-5-16(24)6-8-17/h5-8,11-12H,9-10H2,1-4H3. The van der Waals surface area contributed by atoms with Gasteiger partial charge in [0.1, 0.15) is 18.2 Å². The smallest absolute Gasteiger partial charge is 0.259 e. The van der Waals surface area contributed by atoms with Gasteiger partial charge in [-0.1, -0.05) is 5.16 Å². The van der Waals surface area contributed by atoms with Crippen LogP contribution in [0.1, 0.15) is 25.8 Å². The fraction of sp³-hybridized carbons (Fsp3) is 0.261. The normalized spacial score (nSPS) is 11.1. The number of pyridine rings is 1. The molecule has 0 aliphatic carbocycles. The number of ether oxygens (including phenoxy) is 1. The Hall–Kier alpha value is -3.26. The maximum atomic E-state index is 13.3. The topological polar surface area (TPSA) is 68.5 Å². The fourth-order valence-electron chi connectivity index (χ4n) is 3.42. The van der Waals surface area contributed by atoms with E-state index in [1.807, 2.05) is 13.8 Å². The predicted molar refractivity (Wildman–Crippen MR) is 118 cm³/mol. The highest BCUT2D eigenvalue weighted by Crippen LogP contribution is 2.33. The Bertz CT molecular complexity index is 1250. The van der Waals surface area contributed by atoms with E-state index in [0.717, 1.165) is 10.4 Å². The van der Waals surface area contributed by atoms with E-state index in [1.165, 1.54) is 17.0 Å². The monoisotopic (exact) mass is 439 g/mol. The molecule has 0 unspecified atom stereocenters. The minimum atomic E-state index is -0.322. The Morgan fingerprint density at radius 3 is 2.61 bits per heavy atom. The van der Waals surface area contributed by atoms with Crippen LogP contribution >= 0.6 is 11.3 Å². The molecule has 0 aliphatic heterocycles.